The first-order chi connectivity index (χ1) is 9.81. The molecule has 0 N–H and O–H groups in total. The molecule has 0 aliphatic carbocycles. The number of ether oxygens (including phenoxy) is 2. The van der Waals surface area contributed by atoms with E-state index in [0.29, 0.717) is 12.7 Å². The Hall–Kier alpha value is -2.22. The molecule has 0 saturated heterocycles. The molecule has 2 aromatic rings. The molecule has 0 bridgehead atoms. The van der Waals surface area contributed by atoms with E-state index in [1.54, 1.807) is 0 Å². The molecular weight excluding hydrogens is 248 g/mol. The molecular formula is C18H18O2. The zero-order chi connectivity index (χ0) is 13.8. The molecule has 2 nitrogen and oxygen atoms in total. The summed E-state index contributed by atoms with van der Waals surface area (Å²) in [6.07, 6.45) is 5.45. The molecule has 0 spiro atoms. The van der Waals surface area contributed by atoms with Crippen molar-refractivity contribution < 1.29 is 9.47 Å². The zero-order valence-corrected chi connectivity index (χ0v) is 11.6. The van der Waals surface area contributed by atoms with Gasteiger partial charge in [-0.3, -0.25) is 0 Å². The Labute approximate surface area is 119 Å². The quantitative estimate of drug-likeness (QED) is 0.821. The third-order valence-corrected chi connectivity index (χ3v) is 3.41. The molecule has 0 saturated carbocycles. The first-order valence-corrected chi connectivity index (χ1v) is 6.93. The standard InChI is InChI=1S/C18H18O2/c1-14(11-15-5-3-2-4-6-15)7-8-16-9-10-17-18(12-16)20-13-19-17/h2-10,12,14H,11,13H2,1H3/b8-7+. The van der Waals surface area contributed by atoms with E-state index in [0.717, 1.165) is 23.5 Å². The molecule has 1 aliphatic rings. The number of benzene rings is 2. The van der Waals surface area contributed by atoms with E-state index in [2.05, 4.69) is 55.5 Å². The lowest BCUT2D eigenvalue weighted by molar-refractivity contribution is 0.174. The molecule has 3 rings (SSSR count). The average Bonchev–Trinajstić information content (AvgIpc) is 2.93. The maximum absolute atomic E-state index is 5.39. The maximum atomic E-state index is 5.39. The third-order valence-electron chi connectivity index (χ3n) is 3.41. The fraction of sp³-hybridized carbons (Fsp3) is 0.222. The van der Waals surface area contributed by atoms with E-state index < -0.39 is 0 Å². The van der Waals surface area contributed by atoms with Crippen LogP contribution in [0, 0.1) is 5.92 Å². The van der Waals surface area contributed by atoms with Crippen molar-refractivity contribution in [1.82, 2.24) is 0 Å². The van der Waals surface area contributed by atoms with Gasteiger partial charge in [0, 0.05) is 0 Å². The first-order valence-electron chi connectivity index (χ1n) is 6.93. The Balaban J connectivity index is 1.65. The fourth-order valence-electron chi connectivity index (χ4n) is 2.35. The van der Waals surface area contributed by atoms with Gasteiger partial charge >= 0.3 is 0 Å². The van der Waals surface area contributed by atoms with Crippen LogP contribution in [0.2, 0.25) is 0 Å². The lowest BCUT2D eigenvalue weighted by Crippen LogP contribution is -1.95. The van der Waals surface area contributed by atoms with E-state index in [9.17, 15) is 0 Å². The van der Waals surface area contributed by atoms with Crippen LogP contribution in [0.5, 0.6) is 11.5 Å². The summed E-state index contributed by atoms with van der Waals surface area (Å²) in [6, 6.07) is 16.6. The van der Waals surface area contributed by atoms with Gasteiger partial charge in [0.05, 0.1) is 0 Å². The van der Waals surface area contributed by atoms with Gasteiger partial charge in [0.2, 0.25) is 6.79 Å². The molecule has 1 unspecified atom stereocenters. The van der Waals surface area contributed by atoms with E-state index in [1.165, 1.54) is 5.56 Å². The summed E-state index contributed by atoms with van der Waals surface area (Å²) in [7, 11) is 0. The summed E-state index contributed by atoms with van der Waals surface area (Å²) in [4.78, 5) is 0. The minimum Gasteiger partial charge on any atom is -0.454 e. The summed E-state index contributed by atoms with van der Waals surface area (Å²) in [5.74, 6) is 2.17. The molecule has 0 fully saturated rings. The second-order valence-corrected chi connectivity index (χ2v) is 5.14. The van der Waals surface area contributed by atoms with Crippen molar-refractivity contribution in [2.75, 3.05) is 6.79 Å². The lowest BCUT2D eigenvalue weighted by Gasteiger charge is -2.06. The van der Waals surface area contributed by atoms with Gasteiger partial charge in [0.25, 0.3) is 0 Å². The summed E-state index contributed by atoms with van der Waals surface area (Å²) in [5, 5.41) is 0. The zero-order valence-electron chi connectivity index (χ0n) is 11.6. The van der Waals surface area contributed by atoms with Crippen molar-refractivity contribution in [1.29, 1.82) is 0 Å². The predicted molar refractivity (Wildman–Crippen MR) is 80.9 cm³/mol. The highest BCUT2D eigenvalue weighted by Gasteiger charge is 2.12. The number of hydrogen-bond acceptors (Lipinski definition) is 2. The Kier molecular flexibility index (Phi) is 3.73. The van der Waals surface area contributed by atoms with E-state index in [-0.39, 0.29) is 0 Å². The molecule has 0 amide bonds. The molecule has 0 aromatic heterocycles. The Bertz CT molecular complexity index is 602. The van der Waals surface area contributed by atoms with Crippen molar-refractivity contribution in [2.45, 2.75) is 13.3 Å². The Morgan fingerprint density at radius 2 is 1.85 bits per heavy atom. The molecule has 1 atom stereocenters. The van der Waals surface area contributed by atoms with Crippen LogP contribution in [0.4, 0.5) is 0 Å². The van der Waals surface area contributed by atoms with E-state index in [1.807, 2.05) is 12.1 Å². The van der Waals surface area contributed by atoms with Gasteiger partial charge in [-0.05, 0) is 35.6 Å². The summed E-state index contributed by atoms with van der Waals surface area (Å²) in [5.41, 5.74) is 2.52. The maximum Gasteiger partial charge on any atom is 0.231 e. The molecule has 2 aromatic carbocycles. The monoisotopic (exact) mass is 266 g/mol. The van der Waals surface area contributed by atoms with Crippen LogP contribution in [-0.2, 0) is 6.42 Å². The van der Waals surface area contributed by atoms with E-state index in [4.69, 9.17) is 9.47 Å². The number of hydrogen-bond donors (Lipinski definition) is 0. The van der Waals surface area contributed by atoms with Crippen LogP contribution in [0.15, 0.2) is 54.6 Å². The average molecular weight is 266 g/mol. The predicted octanol–water partition coefficient (Wildman–Crippen LogP) is 4.31. The van der Waals surface area contributed by atoms with Gasteiger partial charge < -0.3 is 9.47 Å². The number of fused-ring (bicyclic) bond motifs is 1. The second-order valence-electron chi connectivity index (χ2n) is 5.14. The topological polar surface area (TPSA) is 18.5 Å². The highest BCUT2D eigenvalue weighted by atomic mass is 16.7. The minimum absolute atomic E-state index is 0.326. The number of rotatable bonds is 4. The Morgan fingerprint density at radius 1 is 1.05 bits per heavy atom. The van der Waals surface area contributed by atoms with Crippen LogP contribution in [0.1, 0.15) is 18.1 Å². The van der Waals surface area contributed by atoms with Crippen molar-refractivity contribution in [3.63, 3.8) is 0 Å². The molecule has 2 heteroatoms. The van der Waals surface area contributed by atoms with Gasteiger partial charge in [-0.15, -0.1) is 0 Å². The highest BCUT2D eigenvalue weighted by Crippen LogP contribution is 2.32. The highest BCUT2D eigenvalue weighted by molar-refractivity contribution is 5.56. The smallest absolute Gasteiger partial charge is 0.231 e. The van der Waals surface area contributed by atoms with E-state index >= 15 is 0 Å². The second kappa shape index (κ2) is 5.83. The molecule has 1 aliphatic heterocycles. The van der Waals surface area contributed by atoms with Gasteiger partial charge in [-0.2, -0.15) is 0 Å². The van der Waals surface area contributed by atoms with Crippen molar-refractivity contribution >= 4 is 6.08 Å². The Morgan fingerprint density at radius 3 is 2.70 bits per heavy atom. The largest absolute Gasteiger partial charge is 0.454 e. The van der Waals surface area contributed by atoms with Crippen LogP contribution in [-0.4, -0.2) is 6.79 Å². The molecule has 102 valence electrons. The van der Waals surface area contributed by atoms with Crippen LogP contribution in [0.25, 0.3) is 6.08 Å². The number of allylic oxidation sites excluding steroid dienone is 1. The molecule has 1 heterocycles. The van der Waals surface area contributed by atoms with Crippen LogP contribution in [0.3, 0.4) is 0 Å². The van der Waals surface area contributed by atoms with Gasteiger partial charge in [-0.1, -0.05) is 55.5 Å². The summed E-state index contributed by atoms with van der Waals surface area (Å²) >= 11 is 0. The van der Waals surface area contributed by atoms with Crippen molar-refractivity contribution in [2.24, 2.45) is 5.92 Å². The summed E-state index contributed by atoms with van der Waals surface area (Å²) < 4.78 is 10.7. The normalized spacial score (nSPS) is 14.7. The third kappa shape index (κ3) is 3.02. The SMILES string of the molecule is CC(/C=C/c1ccc2c(c1)OCO2)Cc1ccccc1. The molecule has 0 radical (unpaired) electrons. The van der Waals surface area contributed by atoms with Crippen LogP contribution < -0.4 is 9.47 Å². The van der Waals surface area contributed by atoms with Crippen molar-refractivity contribution in [3.05, 3.63) is 65.7 Å². The fourth-order valence-corrected chi connectivity index (χ4v) is 2.35. The van der Waals surface area contributed by atoms with Crippen LogP contribution >= 0.6 is 0 Å². The van der Waals surface area contributed by atoms with Gasteiger partial charge in [-0.25, -0.2) is 0 Å². The van der Waals surface area contributed by atoms with Gasteiger partial charge in [0.1, 0.15) is 0 Å². The summed E-state index contributed by atoms with van der Waals surface area (Å²) in [6.45, 7) is 2.56. The molecule has 20 heavy (non-hydrogen) atoms. The minimum atomic E-state index is 0.326. The lowest BCUT2D eigenvalue weighted by atomic mass is 10.00. The van der Waals surface area contributed by atoms with Gasteiger partial charge in [0.15, 0.2) is 11.5 Å². The van der Waals surface area contributed by atoms with Crippen molar-refractivity contribution in [3.8, 4) is 11.5 Å². The first kappa shape index (κ1) is 12.8.